The second kappa shape index (κ2) is 16.1. The third-order valence-electron chi connectivity index (χ3n) is 10.5. The molecule has 0 atom stereocenters. The molecule has 10 nitrogen and oxygen atoms in total. The zero-order chi connectivity index (χ0) is 42.3. The van der Waals surface area contributed by atoms with Gasteiger partial charge in [0.2, 0.25) is 11.6 Å². The summed E-state index contributed by atoms with van der Waals surface area (Å²) in [5, 5.41) is 15.8. The smallest absolute Gasteiger partial charge is 0.336 e. The lowest BCUT2D eigenvalue weighted by atomic mass is 9.86. The fourth-order valence-corrected chi connectivity index (χ4v) is 7.67. The van der Waals surface area contributed by atoms with Gasteiger partial charge in [-0.3, -0.25) is 18.4 Å². The Hall–Kier alpha value is -5.72. The van der Waals surface area contributed by atoms with Crippen LogP contribution in [0.5, 0.6) is 0 Å². The molecule has 6 aromatic rings. The number of likely N-dealkylation sites (tertiary alicyclic amines) is 2. The lowest BCUT2D eigenvalue weighted by Gasteiger charge is -2.32. The highest BCUT2D eigenvalue weighted by Crippen LogP contribution is 2.40. The summed E-state index contributed by atoms with van der Waals surface area (Å²) in [4.78, 5) is 28.7. The number of alkyl halides is 9. The van der Waals surface area contributed by atoms with Crippen LogP contribution >= 0.6 is 11.6 Å². The van der Waals surface area contributed by atoms with Crippen LogP contribution in [0.1, 0.15) is 86.6 Å². The van der Waals surface area contributed by atoms with Gasteiger partial charge in [0, 0.05) is 38.6 Å². The van der Waals surface area contributed by atoms with Crippen LogP contribution < -0.4 is 0 Å². The molecular formula is C39H32ClF9N8O2. The largest absolute Gasteiger partial charge is 0.417 e. The standard InChI is InChI=1S/C20H16F6N4O.C19H16ClF3N4O/c21-19(22,23)13-5-6-16-27-28-17(30(16)11-13)18(31)29-9-7-12(8-10-29)14-3-1-2-4-15(14)20(24,25)26;20-13-5-6-16-24-25-17(27(16)11-13)18(28)26-9-7-12(8-10-26)14-3-1-2-4-15(14)19(21,22)23/h1-6,11-12H,7-10H2;1-6,11-12H,7-10H2. The van der Waals surface area contributed by atoms with Crippen LogP contribution in [-0.4, -0.2) is 77.0 Å². The monoisotopic (exact) mass is 850 g/mol. The highest BCUT2D eigenvalue weighted by Gasteiger charge is 2.38. The van der Waals surface area contributed by atoms with Crippen LogP contribution in [0.25, 0.3) is 11.3 Å². The number of aromatic nitrogens is 6. The summed E-state index contributed by atoms with van der Waals surface area (Å²) in [5.41, 5.74) is -1.17. The van der Waals surface area contributed by atoms with E-state index in [0.29, 0.717) is 55.0 Å². The zero-order valence-corrected chi connectivity index (χ0v) is 31.3. The molecular weight excluding hydrogens is 819 g/mol. The Balaban J connectivity index is 0.000000180. The first-order valence-electron chi connectivity index (χ1n) is 18.2. The Bertz CT molecular complexity index is 2480. The van der Waals surface area contributed by atoms with Gasteiger partial charge in [0.05, 0.1) is 21.7 Å². The fraction of sp³-hybridized carbons (Fsp3) is 0.333. The summed E-state index contributed by atoms with van der Waals surface area (Å²) >= 11 is 5.98. The lowest BCUT2D eigenvalue weighted by Crippen LogP contribution is -2.39. The number of piperidine rings is 2. The quantitative estimate of drug-likeness (QED) is 0.164. The van der Waals surface area contributed by atoms with Crippen molar-refractivity contribution in [3.63, 3.8) is 0 Å². The number of hydrogen-bond donors (Lipinski definition) is 0. The zero-order valence-electron chi connectivity index (χ0n) is 30.6. The third kappa shape index (κ3) is 8.84. The lowest BCUT2D eigenvalue weighted by molar-refractivity contribution is -0.139. The Kier molecular flexibility index (Phi) is 11.3. The van der Waals surface area contributed by atoms with Crippen molar-refractivity contribution in [3.05, 3.63) is 130 Å². The number of benzene rings is 2. The van der Waals surface area contributed by atoms with Gasteiger partial charge in [-0.1, -0.05) is 48.0 Å². The first-order valence-corrected chi connectivity index (χ1v) is 18.6. The molecule has 20 heteroatoms. The van der Waals surface area contributed by atoms with Gasteiger partial charge in [0.1, 0.15) is 0 Å². The molecule has 0 aliphatic carbocycles. The minimum Gasteiger partial charge on any atom is -0.336 e. The molecule has 2 aromatic carbocycles. The predicted molar refractivity (Wildman–Crippen MR) is 195 cm³/mol. The molecule has 0 radical (unpaired) electrons. The van der Waals surface area contributed by atoms with Crippen LogP contribution in [0.15, 0.2) is 85.2 Å². The number of amides is 2. The van der Waals surface area contributed by atoms with Crippen molar-refractivity contribution in [2.24, 2.45) is 0 Å². The van der Waals surface area contributed by atoms with Gasteiger partial charge in [-0.25, -0.2) is 0 Å². The molecule has 0 bridgehead atoms. The maximum atomic E-state index is 13.3. The minimum atomic E-state index is -4.59. The van der Waals surface area contributed by atoms with Crippen LogP contribution in [0.3, 0.4) is 0 Å². The van der Waals surface area contributed by atoms with E-state index in [2.05, 4.69) is 20.4 Å². The minimum absolute atomic E-state index is 0.0883. The van der Waals surface area contributed by atoms with E-state index in [0.717, 1.165) is 34.9 Å². The maximum Gasteiger partial charge on any atom is 0.417 e. The Morgan fingerprint density at radius 1 is 0.525 bits per heavy atom. The highest BCUT2D eigenvalue weighted by atomic mass is 35.5. The van der Waals surface area contributed by atoms with E-state index < -0.39 is 41.1 Å². The molecule has 2 aliphatic heterocycles. The Labute approximate surface area is 334 Å². The number of carbonyl (C=O) groups excluding carboxylic acids is 2. The van der Waals surface area contributed by atoms with Crippen LogP contribution in [0.4, 0.5) is 39.5 Å². The number of pyridine rings is 2. The van der Waals surface area contributed by atoms with Gasteiger partial charge < -0.3 is 9.80 Å². The number of hydrogen-bond acceptors (Lipinski definition) is 6. The molecule has 310 valence electrons. The van der Waals surface area contributed by atoms with E-state index >= 15 is 0 Å². The van der Waals surface area contributed by atoms with Crippen molar-refractivity contribution in [2.75, 3.05) is 26.2 Å². The molecule has 4 aromatic heterocycles. The van der Waals surface area contributed by atoms with Crippen molar-refractivity contribution in [2.45, 2.75) is 56.0 Å². The summed E-state index contributed by atoms with van der Waals surface area (Å²) in [6.07, 6.45) is -9.63. The molecule has 59 heavy (non-hydrogen) atoms. The first-order chi connectivity index (χ1) is 27.9. The molecule has 0 N–H and O–H groups in total. The summed E-state index contributed by atoms with van der Waals surface area (Å²) in [5.74, 6) is -1.67. The average molecular weight is 851 g/mol. The molecule has 2 saturated heterocycles. The van der Waals surface area contributed by atoms with Crippen molar-refractivity contribution in [1.82, 2.24) is 39.0 Å². The number of fused-ring (bicyclic) bond motifs is 2. The van der Waals surface area contributed by atoms with Gasteiger partial charge in [0.25, 0.3) is 11.8 Å². The number of carbonyl (C=O) groups is 2. The van der Waals surface area contributed by atoms with Gasteiger partial charge >= 0.3 is 18.5 Å². The predicted octanol–water partition coefficient (Wildman–Crippen LogP) is 9.21. The van der Waals surface area contributed by atoms with Crippen molar-refractivity contribution < 1.29 is 49.1 Å². The Morgan fingerprint density at radius 3 is 1.36 bits per heavy atom. The topological polar surface area (TPSA) is 101 Å². The molecule has 0 spiro atoms. The van der Waals surface area contributed by atoms with E-state index in [4.69, 9.17) is 11.6 Å². The average Bonchev–Trinajstić information content (AvgIpc) is 3.84. The fourth-order valence-electron chi connectivity index (χ4n) is 7.51. The molecule has 6 heterocycles. The van der Waals surface area contributed by atoms with Crippen molar-refractivity contribution >= 4 is 34.7 Å². The molecule has 2 aliphatic rings. The Morgan fingerprint density at radius 2 is 0.932 bits per heavy atom. The molecule has 2 amide bonds. The van der Waals surface area contributed by atoms with E-state index in [-0.39, 0.29) is 53.7 Å². The van der Waals surface area contributed by atoms with Gasteiger partial charge in [-0.2, -0.15) is 39.5 Å². The SMILES string of the molecule is O=C(c1nnc2ccc(C(F)(F)F)cn12)N1CCC(c2ccccc2C(F)(F)F)CC1.O=C(c1nnc2ccc(Cl)cn12)N1CCC(c2ccccc2C(F)(F)F)CC1. The number of halogens is 10. The first kappa shape index (κ1) is 41.4. The molecule has 0 unspecified atom stereocenters. The van der Waals surface area contributed by atoms with E-state index in [1.807, 2.05) is 0 Å². The van der Waals surface area contributed by atoms with Crippen molar-refractivity contribution in [3.8, 4) is 0 Å². The van der Waals surface area contributed by atoms with E-state index in [9.17, 15) is 49.1 Å². The summed E-state index contributed by atoms with van der Waals surface area (Å²) in [6, 6.07) is 16.3. The summed E-state index contributed by atoms with van der Waals surface area (Å²) < 4.78 is 121. The number of rotatable bonds is 4. The normalized spacial score (nSPS) is 16.0. The van der Waals surface area contributed by atoms with E-state index in [1.54, 1.807) is 35.4 Å². The summed E-state index contributed by atoms with van der Waals surface area (Å²) in [6.45, 7) is 1.02. The molecule has 8 rings (SSSR count). The second-order valence-corrected chi connectivity index (χ2v) is 14.5. The highest BCUT2D eigenvalue weighted by molar-refractivity contribution is 6.30. The van der Waals surface area contributed by atoms with E-state index in [1.165, 1.54) is 33.6 Å². The number of nitrogens with zero attached hydrogens (tertiary/aromatic N) is 8. The van der Waals surface area contributed by atoms with Crippen LogP contribution in [-0.2, 0) is 18.5 Å². The van der Waals surface area contributed by atoms with Crippen LogP contribution in [0, 0.1) is 0 Å². The van der Waals surface area contributed by atoms with Crippen molar-refractivity contribution in [1.29, 1.82) is 0 Å². The molecule has 2 fully saturated rings. The molecule has 0 saturated carbocycles. The summed E-state index contributed by atoms with van der Waals surface area (Å²) in [7, 11) is 0. The van der Waals surface area contributed by atoms with Gasteiger partial charge in [-0.15, -0.1) is 20.4 Å². The van der Waals surface area contributed by atoms with Crippen LogP contribution in [0.2, 0.25) is 5.02 Å². The van der Waals surface area contributed by atoms with Gasteiger partial charge in [-0.05, 0) is 85.0 Å². The maximum absolute atomic E-state index is 13.3. The third-order valence-corrected chi connectivity index (χ3v) is 10.7. The second-order valence-electron chi connectivity index (χ2n) is 14.1. The van der Waals surface area contributed by atoms with Gasteiger partial charge in [0.15, 0.2) is 11.3 Å².